The molecule has 10 heteroatoms. The predicted molar refractivity (Wildman–Crippen MR) is 150 cm³/mol. The highest BCUT2D eigenvalue weighted by atomic mass is 35.5. The van der Waals surface area contributed by atoms with Crippen LogP contribution in [0.4, 0.5) is 0 Å². The standard InChI is InChI=1S/C27H27Cl3N4O3/c28-20-1-4-24(35)18(13-20)16-31-7-9-33-11-12-34(27(33)23-15-22(30)3-6-26(23)37)10-8-32-17-19-14-21(29)2-5-25(19)36/h1-6,13-17,27,35-37H,7-12H2. The first kappa shape index (κ1) is 27.2. The lowest BCUT2D eigenvalue weighted by molar-refractivity contribution is 0.140. The third-order valence-electron chi connectivity index (χ3n) is 6.11. The lowest BCUT2D eigenvalue weighted by atomic mass is 10.1. The van der Waals surface area contributed by atoms with E-state index in [1.165, 1.54) is 12.1 Å². The molecule has 0 aliphatic carbocycles. The third-order valence-corrected chi connectivity index (χ3v) is 6.81. The van der Waals surface area contributed by atoms with Crippen LogP contribution in [0.3, 0.4) is 0 Å². The number of benzene rings is 3. The Morgan fingerprint density at radius 2 is 1.11 bits per heavy atom. The van der Waals surface area contributed by atoms with Crippen molar-refractivity contribution in [1.82, 2.24) is 9.80 Å². The van der Waals surface area contributed by atoms with Crippen LogP contribution in [0, 0.1) is 0 Å². The molecule has 7 nitrogen and oxygen atoms in total. The van der Waals surface area contributed by atoms with Gasteiger partial charge in [-0.3, -0.25) is 19.8 Å². The van der Waals surface area contributed by atoms with Gasteiger partial charge in [0.1, 0.15) is 17.2 Å². The minimum atomic E-state index is -0.205. The lowest BCUT2D eigenvalue weighted by Crippen LogP contribution is -2.34. The molecule has 194 valence electrons. The molecule has 3 N–H and O–H groups in total. The average molecular weight is 562 g/mol. The SMILES string of the molecule is Oc1ccc(Cl)cc1C=NCCN1CCN(CCN=Cc2cc(Cl)ccc2O)C1c1cc(Cl)ccc1O. The first-order valence-electron chi connectivity index (χ1n) is 11.7. The van der Waals surface area contributed by atoms with Crippen LogP contribution in [0.15, 0.2) is 64.6 Å². The van der Waals surface area contributed by atoms with E-state index in [1.807, 2.05) is 0 Å². The van der Waals surface area contributed by atoms with Crippen molar-refractivity contribution in [3.8, 4) is 17.2 Å². The lowest BCUT2D eigenvalue weighted by Gasteiger charge is -2.30. The summed E-state index contributed by atoms with van der Waals surface area (Å²) in [5.74, 6) is 0.411. The summed E-state index contributed by atoms with van der Waals surface area (Å²) in [4.78, 5) is 13.4. The molecule has 0 unspecified atom stereocenters. The first-order valence-corrected chi connectivity index (χ1v) is 12.9. The fourth-order valence-corrected chi connectivity index (χ4v) is 4.82. The number of hydrogen-bond acceptors (Lipinski definition) is 7. The molecule has 1 heterocycles. The van der Waals surface area contributed by atoms with Gasteiger partial charge in [0, 0.05) is 70.4 Å². The number of rotatable bonds is 9. The summed E-state index contributed by atoms with van der Waals surface area (Å²) in [5.41, 5.74) is 1.84. The van der Waals surface area contributed by atoms with Crippen LogP contribution >= 0.6 is 34.8 Å². The van der Waals surface area contributed by atoms with E-state index in [0.29, 0.717) is 52.4 Å². The van der Waals surface area contributed by atoms with E-state index in [4.69, 9.17) is 34.8 Å². The smallest absolute Gasteiger partial charge is 0.124 e. The molecule has 0 saturated carbocycles. The molecule has 0 aromatic heterocycles. The van der Waals surface area contributed by atoms with Gasteiger partial charge >= 0.3 is 0 Å². The van der Waals surface area contributed by atoms with Crippen LogP contribution in [-0.4, -0.2) is 76.8 Å². The van der Waals surface area contributed by atoms with Gasteiger partial charge in [0.15, 0.2) is 0 Å². The number of phenolic OH excluding ortho intramolecular Hbond substituents is 3. The third kappa shape index (κ3) is 7.15. The fraction of sp³-hybridized carbons (Fsp3) is 0.259. The summed E-state index contributed by atoms with van der Waals surface area (Å²) in [7, 11) is 0. The van der Waals surface area contributed by atoms with E-state index < -0.39 is 0 Å². The van der Waals surface area contributed by atoms with Crippen LogP contribution < -0.4 is 0 Å². The maximum absolute atomic E-state index is 10.6. The van der Waals surface area contributed by atoms with Crippen LogP contribution in [0.1, 0.15) is 22.9 Å². The summed E-state index contributed by atoms with van der Waals surface area (Å²) < 4.78 is 0. The highest BCUT2D eigenvalue weighted by Gasteiger charge is 2.34. The Labute approximate surface area is 230 Å². The van der Waals surface area contributed by atoms with Crippen molar-refractivity contribution in [2.45, 2.75) is 6.17 Å². The predicted octanol–water partition coefficient (Wildman–Crippen LogP) is 5.62. The minimum Gasteiger partial charge on any atom is -0.508 e. The highest BCUT2D eigenvalue weighted by Crippen LogP contribution is 2.36. The van der Waals surface area contributed by atoms with Crippen molar-refractivity contribution in [2.75, 3.05) is 39.3 Å². The van der Waals surface area contributed by atoms with Gasteiger partial charge in [0.2, 0.25) is 0 Å². The van der Waals surface area contributed by atoms with Gasteiger partial charge in [-0.25, -0.2) is 0 Å². The molecular weight excluding hydrogens is 535 g/mol. The Hall–Kier alpha value is -2.81. The second kappa shape index (κ2) is 12.6. The first-order chi connectivity index (χ1) is 17.8. The Morgan fingerprint density at radius 3 is 1.59 bits per heavy atom. The maximum Gasteiger partial charge on any atom is 0.124 e. The monoisotopic (exact) mass is 560 g/mol. The number of hydrogen-bond donors (Lipinski definition) is 3. The van der Waals surface area contributed by atoms with Gasteiger partial charge in [-0.05, 0) is 54.6 Å². The van der Waals surface area contributed by atoms with Crippen molar-refractivity contribution >= 4 is 47.2 Å². The highest BCUT2D eigenvalue weighted by molar-refractivity contribution is 6.31. The van der Waals surface area contributed by atoms with Crippen molar-refractivity contribution in [3.63, 3.8) is 0 Å². The Kier molecular flexibility index (Phi) is 9.29. The molecule has 0 atom stereocenters. The van der Waals surface area contributed by atoms with Gasteiger partial charge in [-0.1, -0.05) is 34.8 Å². The van der Waals surface area contributed by atoms with Crippen LogP contribution in [-0.2, 0) is 0 Å². The summed E-state index contributed by atoms with van der Waals surface area (Å²) in [6.45, 7) is 3.78. The largest absolute Gasteiger partial charge is 0.508 e. The summed E-state index contributed by atoms with van der Waals surface area (Å²) >= 11 is 18.3. The van der Waals surface area contributed by atoms with Crippen LogP contribution in [0.25, 0.3) is 0 Å². The number of aromatic hydroxyl groups is 3. The second-order valence-electron chi connectivity index (χ2n) is 8.63. The molecule has 1 saturated heterocycles. The van der Waals surface area contributed by atoms with Gasteiger partial charge in [0.05, 0.1) is 19.3 Å². The zero-order chi connectivity index (χ0) is 26.4. The van der Waals surface area contributed by atoms with Gasteiger partial charge in [0.25, 0.3) is 0 Å². The van der Waals surface area contributed by atoms with E-state index in [0.717, 1.165) is 18.7 Å². The van der Waals surface area contributed by atoms with E-state index in [2.05, 4.69) is 19.8 Å². The minimum absolute atomic E-state index is 0.119. The molecule has 37 heavy (non-hydrogen) atoms. The molecule has 0 bridgehead atoms. The van der Waals surface area contributed by atoms with E-state index in [1.54, 1.807) is 54.9 Å². The molecule has 1 fully saturated rings. The number of phenols is 3. The Morgan fingerprint density at radius 1 is 0.676 bits per heavy atom. The molecule has 0 radical (unpaired) electrons. The molecular formula is C27H27Cl3N4O3. The molecule has 1 aliphatic heterocycles. The van der Waals surface area contributed by atoms with Gasteiger partial charge in [-0.2, -0.15) is 0 Å². The van der Waals surface area contributed by atoms with Crippen molar-refractivity contribution in [1.29, 1.82) is 0 Å². The Balaban J connectivity index is 1.45. The molecule has 0 amide bonds. The normalized spacial score (nSPS) is 16.9. The van der Waals surface area contributed by atoms with E-state index >= 15 is 0 Å². The number of halogens is 3. The van der Waals surface area contributed by atoms with Crippen molar-refractivity contribution in [2.24, 2.45) is 9.98 Å². The quantitative estimate of drug-likeness (QED) is 0.295. The van der Waals surface area contributed by atoms with E-state index in [-0.39, 0.29) is 23.4 Å². The summed E-state index contributed by atoms with van der Waals surface area (Å²) in [6, 6.07) is 14.7. The Bertz CT molecular complexity index is 1230. The van der Waals surface area contributed by atoms with Crippen molar-refractivity contribution in [3.05, 3.63) is 86.4 Å². The average Bonchev–Trinajstić information content (AvgIpc) is 3.27. The second-order valence-corrected chi connectivity index (χ2v) is 9.93. The maximum atomic E-state index is 10.6. The molecule has 0 spiro atoms. The number of nitrogens with zero attached hydrogens (tertiary/aromatic N) is 4. The van der Waals surface area contributed by atoms with Crippen LogP contribution in [0.5, 0.6) is 17.2 Å². The summed E-state index contributed by atoms with van der Waals surface area (Å²) in [6.07, 6.45) is 3.02. The topological polar surface area (TPSA) is 91.9 Å². The van der Waals surface area contributed by atoms with Crippen molar-refractivity contribution < 1.29 is 15.3 Å². The van der Waals surface area contributed by atoms with Gasteiger partial charge in [-0.15, -0.1) is 0 Å². The molecule has 1 aliphatic rings. The molecule has 3 aromatic carbocycles. The fourth-order valence-electron chi connectivity index (χ4n) is 4.28. The molecule has 3 aromatic rings. The van der Waals surface area contributed by atoms with Gasteiger partial charge < -0.3 is 15.3 Å². The summed E-state index contributed by atoms with van der Waals surface area (Å²) in [5, 5.41) is 32.2. The number of aliphatic imine (C=N–C) groups is 2. The zero-order valence-electron chi connectivity index (χ0n) is 19.9. The van der Waals surface area contributed by atoms with E-state index in [9.17, 15) is 15.3 Å². The zero-order valence-corrected chi connectivity index (χ0v) is 22.2. The molecule has 4 rings (SSSR count). The van der Waals surface area contributed by atoms with Crippen LogP contribution in [0.2, 0.25) is 15.1 Å².